The van der Waals surface area contributed by atoms with Gasteiger partial charge in [-0.25, -0.2) is 13.6 Å². The highest BCUT2D eigenvalue weighted by atomic mass is 19.1. The van der Waals surface area contributed by atoms with Crippen LogP contribution in [0, 0.1) is 11.6 Å². The number of piperidine rings is 1. The van der Waals surface area contributed by atoms with E-state index in [1.165, 1.54) is 36.4 Å². The van der Waals surface area contributed by atoms with Gasteiger partial charge in [-0.05, 0) is 66.9 Å². The van der Waals surface area contributed by atoms with E-state index >= 15 is 0 Å². The summed E-state index contributed by atoms with van der Waals surface area (Å²) in [5, 5.41) is 13.7. The first-order valence-corrected chi connectivity index (χ1v) is 9.99. The molecule has 31 heavy (non-hydrogen) atoms. The topological polar surface area (TPSA) is 61.8 Å². The van der Waals surface area contributed by atoms with Crippen molar-refractivity contribution >= 4 is 11.7 Å². The molecule has 4 rings (SSSR count). The molecule has 0 aromatic heterocycles. The molecule has 1 fully saturated rings. The third-order valence-electron chi connectivity index (χ3n) is 5.39. The summed E-state index contributed by atoms with van der Waals surface area (Å²) in [6, 6.07) is 18.1. The van der Waals surface area contributed by atoms with E-state index in [-0.39, 0.29) is 17.7 Å². The van der Waals surface area contributed by atoms with Crippen molar-refractivity contribution in [1.82, 2.24) is 4.90 Å². The summed E-state index contributed by atoms with van der Waals surface area (Å²) in [6.07, 6.45) is 0.722. The molecular formula is C24H22F2N2O3. The highest BCUT2D eigenvalue weighted by molar-refractivity contribution is 5.89. The number of rotatable bonds is 4. The van der Waals surface area contributed by atoms with E-state index in [0.29, 0.717) is 48.7 Å². The lowest BCUT2D eigenvalue weighted by atomic mass is 9.84. The molecule has 1 aliphatic heterocycles. The van der Waals surface area contributed by atoms with Gasteiger partial charge in [0.25, 0.3) is 0 Å². The van der Waals surface area contributed by atoms with Gasteiger partial charge < -0.3 is 20.1 Å². The minimum atomic E-state index is -1.08. The number of likely N-dealkylation sites (tertiary alicyclic amines) is 1. The average molecular weight is 424 g/mol. The van der Waals surface area contributed by atoms with Crippen molar-refractivity contribution in [1.29, 1.82) is 0 Å². The summed E-state index contributed by atoms with van der Waals surface area (Å²) >= 11 is 0. The molecule has 0 unspecified atom stereocenters. The van der Waals surface area contributed by atoms with E-state index < -0.39 is 5.60 Å². The smallest absolute Gasteiger partial charge is 0.321 e. The fraction of sp³-hybridized carbons (Fsp3) is 0.208. The van der Waals surface area contributed by atoms with Crippen LogP contribution in [0.15, 0.2) is 72.8 Å². The highest BCUT2D eigenvalue weighted by Crippen LogP contribution is 2.33. The molecule has 1 saturated heterocycles. The van der Waals surface area contributed by atoms with Crippen LogP contribution in [0.2, 0.25) is 0 Å². The summed E-state index contributed by atoms with van der Waals surface area (Å²) in [6.45, 7) is 0.733. The summed E-state index contributed by atoms with van der Waals surface area (Å²) < 4.78 is 31.9. The SMILES string of the molecule is O=C(Nc1cccc(Oc2ccc(F)cc2)c1)N1CCC(O)(c2ccc(F)cc2)CC1. The Kier molecular flexibility index (Phi) is 5.86. The van der Waals surface area contributed by atoms with Crippen molar-refractivity contribution in [3.05, 3.63) is 90.0 Å². The largest absolute Gasteiger partial charge is 0.457 e. The normalized spacial score (nSPS) is 15.4. The quantitative estimate of drug-likeness (QED) is 0.600. The first-order chi connectivity index (χ1) is 14.9. The number of nitrogens with one attached hydrogen (secondary N) is 1. The number of ether oxygens (including phenoxy) is 1. The number of aliphatic hydroxyl groups is 1. The summed E-state index contributed by atoms with van der Waals surface area (Å²) in [5.41, 5.74) is 0.136. The highest BCUT2D eigenvalue weighted by Gasteiger charge is 2.35. The summed E-state index contributed by atoms with van der Waals surface area (Å²) in [7, 11) is 0. The maximum atomic E-state index is 13.2. The number of nitrogens with zero attached hydrogens (tertiary/aromatic N) is 1. The predicted molar refractivity (Wildman–Crippen MR) is 113 cm³/mol. The summed E-state index contributed by atoms with van der Waals surface area (Å²) in [4.78, 5) is 14.3. The van der Waals surface area contributed by atoms with Gasteiger partial charge in [-0.3, -0.25) is 0 Å². The van der Waals surface area contributed by atoms with Gasteiger partial charge >= 0.3 is 6.03 Å². The molecule has 1 heterocycles. The molecule has 0 aliphatic carbocycles. The molecule has 7 heteroatoms. The van der Waals surface area contributed by atoms with E-state index in [0.717, 1.165) is 0 Å². The number of hydrogen-bond donors (Lipinski definition) is 2. The van der Waals surface area contributed by atoms with Crippen LogP contribution in [-0.4, -0.2) is 29.1 Å². The molecule has 2 amide bonds. The van der Waals surface area contributed by atoms with Gasteiger partial charge in [0.15, 0.2) is 0 Å². The van der Waals surface area contributed by atoms with Crippen LogP contribution in [-0.2, 0) is 5.60 Å². The zero-order chi connectivity index (χ0) is 21.8. The lowest BCUT2D eigenvalue weighted by molar-refractivity contribution is -0.0157. The number of urea groups is 1. The second-order valence-corrected chi connectivity index (χ2v) is 7.54. The number of carbonyl (C=O) groups excluding carboxylic acids is 1. The lowest BCUT2D eigenvalue weighted by Gasteiger charge is -2.38. The van der Waals surface area contributed by atoms with Crippen molar-refractivity contribution in [3.8, 4) is 11.5 Å². The van der Waals surface area contributed by atoms with Crippen molar-refractivity contribution in [3.63, 3.8) is 0 Å². The molecule has 0 bridgehead atoms. The molecule has 1 aliphatic rings. The third-order valence-corrected chi connectivity index (χ3v) is 5.39. The first-order valence-electron chi connectivity index (χ1n) is 9.99. The minimum Gasteiger partial charge on any atom is -0.457 e. The molecule has 160 valence electrons. The van der Waals surface area contributed by atoms with Crippen LogP contribution in [0.25, 0.3) is 0 Å². The van der Waals surface area contributed by atoms with Gasteiger partial charge in [0.2, 0.25) is 0 Å². The fourth-order valence-electron chi connectivity index (χ4n) is 3.61. The number of anilines is 1. The Balaban J connectivity index is 1.36. The Labute approximate surface area is 178 Å². The molecule has 3 aromatic rings. The van der Waals surface area contributed by atoms with Crippen molar-refractivity contribution < 1.29 is 23.4 Å². The lowest BCUT2D eigenvalue weighted by Crippen LogP contribution is -2.46. The van der Waals surface area contributed by atoms with Gasteiger partial charge in [-0.2, -0.15) is 0 Å². The van der Waals surface area contributed by atoms with Crippen LogP contribution in [0.5, 0.6) is 11.5 Å². The molecule has 2 N–H and O–H groups in total. The molecule has 3 aromatic carbocycles. The first kappa shape index (κ1) is 20.8. The Morgan fingerprint density at radius 2 is 1.52 bits per heavy atom. The van der Waals surface area contributed by atoms with Crippen molar-refractivity contribution in [2.24, 2.45) is 0 Å². The van der Waals surface area contributed by atoms with Gasteiger partial charge in [-0.1, -0.05) is 18.2 Å². The number of carbonyl (C=O) groups is 1. The van der Waals surface area contributed by atoms with Crippen molar-refractivity contribution in [2.45, 2.75) is 18.4 Å². The molecule has 0 saturated carbocycles. The van der Waals surface area contributed by atoms with E-state index in [1.807, 2.05) is 0 Å². The molecule has 0 radical (unpaired) electrons. The third kappa shape index (κ3) is 5.00. The van der Waals surface area contributed by atoms with E-state index in [9.17, 15) is 18.7 Å². The fourth-order valence-corrected chi connectivity index (χ4v) is 3.61. The molecular weight excluding hydrogens is 402 g/mol. The number of amides is 2. The maximum Gasteiger partial charge on any atom is 0.321 e. The van der Waals surface area contributed by atoms with E-state index in [4.69, 9.17) is 4.74 Å². The summed E-state index contributed by atoms with van der Waals surface area (Å²) in [5.74, 6) is 0.297. The number of benzene rings is 3. The van der Waals surface area contributed by atoms with Crippen LogP contribution < -0.4 is 10.1 Å². The molecule has 0 spiro atoms. The molecule has 0 atom stereocenters. The van der Waals surface area contributed by atoms with E-state index in [2.05, 4.69) is 5.32 Å². The Hall–Kier alpha value is -3.45. The Morgan fingerprint density at radius 3 is 2.16 bits per heavy atom. The standard InChI is InChI=1S/C24H22F2N2O3/c25-18-6-4-17(5-7-18)24(30)12-14-28(15-13-24)23(29)27-20-2-1-3-22(16-20)31-21-10-8-19(26)9-11-21/h1-11,16,30H,12-15H2,(H,27,29). The van der Waals surface area contributed by atoms with Gasteiger partial charge in [0.1, 0.15) is 23.1 Å². The van der Waals surface area contributed by atoms with Gasteiger partial charge in [-0.15, -0.1) is 0 Å². The minimum absolute atomic E-state index is 0.278. The van der Waals surface area contributed by atoms with Crippen LogP contribution >= 0.6 is 0 Å². The van der Waals surface area contributed by atoms with Crippen LogP contribution in [0.1, 0.15) is 18.4 Å². The monoisotopic (exact) mass is 424 g/mol. The zero-order valence-electron chi connectivity index (χ0n) is 16.7. The van der Waals surface area contributed by atoms with Crippen LogP contribution in [0.3, 0.4) is 0 Å². The van der Waals surface area contributed by atoms with Crippen molar-refractivity contribution in [2.75, 3.05) is 18.4 Å². The number of hydrogen-bond acceptors (Lipinski definition) is 3. The Bertz CT molecular complexity index is 1050. The van der Waals surface area contributed by atoms with Crippen LogP contribution in [0.4, 0.5) is 19.3 Å². The van der Waals surface area contributed by atoms with E-state index in [1.54, 1.807) is 41.3 Å². The Morgan fingerprint density at radius 1 is 0.903 bits per heavy atom. The second kappa shape index (κ2) is 8.73. The average Bonchev–Trinajstić information content (AvgIpc) is 2.76. The zero-order valence-corrected chi connectivity index (χ0v) is 16.7. The second-order valence-electron chi connectivity index (χ2n) is 7.54. The van der Waals surface area contributed by atoms with Gasteiger partial charge in [0, 0.05) is 24.8 Å². The molecule has 5 nitrogen and oxygen atoms in total. The predicted octanol–water partition coefficient (Wildman–Crippen LogP) is 5.27. The maximum absolute atomic E-state index is 13.2. The number of halogens is 2. The van der Waals surface area contributed by atoms with Gasteiger partial charge in [0.05, 0.1) is 5.60 Å².